The molecule has 0 radical (unpaired) electrons. The highest BCUT2D eigenvalue weighted by Crippen LogP contribution is 2.59. The Balaban J connectivity index is 1.12. The summed E-state index contributed by atoms with van der Waals surface area (Å²) in [5.41, 5.74) is 1.08. The van der Waals surface area contributed by atoms with Crippen LogP contribution in [0, 0.1) is 23.2 Å². The Bertz CT molecular complexity index is 1950. The molecule has 3 aromatic carbocycles. The molecule has 0 spiro atoms. The van der Waals surface area contributed by atoms with Crippen molar-refractivity contribution >= 4 is 46.4 Å². The standard InChI is InChI=1S/C37H37N5O8/c43-26-3-1-22(2-4-26)29(34(46)42-25-9-23(35(47)48)8-24(10-25)36(49)50)16-38-32(44)27-11-30-31(41-18-40-30)12-28(27)33(45)39-17-37-13-19-5-20(14-37)7-21(6-19)15-37/h1-4,8-12,18-21,29,43H,5-7,13-17H2,(H,38,44)(H,39,45)(H,40,41)(H,42,46)(H,47,48)(H,49,50). The maximum absolute atomic E-state index is 13.8. The van der Waals surface area contributed by atoms with Crippen molar-refractivity contribution in [3.63, 3.8) is 0 Å². The number of carbonyl (C=O) groups is 5. The highest BCUT2D eigenvalue weighted by molar-refractivity contribution is 6.10. The van der Waals surface area contributed by atoms with Gasteiger partial charge in [0.05, 0.1) is 45.5 Å². The Morgan fingerprint density at radius 3 is 1.98 bits per heavy atom. The van der Waals surface area contributed by atoms with E-state index in [0.717, 1.165) is 55.2 Å². The number of hydrogen-bond donors (Lipinski definition) is 7. The zero-order valence-electron chi connectivity index (χ0n) is 27.1. The fraction of sp³-hybridized carbons (Fsp3) is 0.351. The number of carboxylic acid groups (broad SMARTS) is 2. The van der Waals surface area contributed by atoms with Crippen molar-refractivity contribution in [1.29, 1.82) is 0 Å². The topological polar surface area (TPSA) is 211 Å². The van der Waals surface area contributed by atoms with Crippen LogP contribution in [0.5, 0.6) is 5.75 Å². The van der Waals surface area contributed by atoms with Gasteiger partial charge in [-0.05, 0) is 110 Å². The van der Waals surface area contributed by atoms with E-state index in [9.17, 15) is 39.3 Å². The highest BCUT2D eigenvalue weighted by atomic mass is 16.4. The van der Waals surface area contributed by atoms with E-state index in [2.05, 4.69) is 25.9 Å². The first kappa shape index (κ1) is 32.8. The van der Waals surface area contributed by atoms with Gasteiger partial charge in [-0.1, -0.05) is 12.1 Å². The van der Waals surface area contributed by atoms with E-state index >= 15 is 0 Å². The number of phenolic OH excluding ortho intramolecular Hbond substituents is 1. The van der Waals surface area contributed by atoms with Crippen LogP contribution in [0.2, 0.25) is 0 Å². The minimum absolute atomic E-state index is 0.0475. The molecule has 3 amide bonds. The Morgan fingerprint density at radius 1 is 0.800 bits per heavy atom. The number of aromatic carboxylic acids is 2. The van der Waals surface area contributed by atoms with Crippen LogP contribution in [0.3, 0.4) is 0 Å². The Kier molecular flexibility index (Phi) is 8.50. The number of fused-ring (bicyclic) bond motifs is 1. The van der Waals surface area contributed by atoms with E-state index in [1.807, 2.05) is 0 Å². The molecule has 8 rings (SSSR count). The average molecular weight is 680 g/mol. The predicted octanol–water partition coefficient (Wildman–Crippen LogP) is 4.76. The number of amides is 3. The average Bonchev–Trinajstić information content (AvgIpc) is 3.54. The number of aromatic amines is 1. The largest absolute Gasteiger partial charge is 0.508 e. The monoisotopic (exact) mass is 679 g/mol. The second kappa shape index (κ2) is 13.0. The van der Waals surface area contributed by atoms with Gasteiger partial charge >= 0.3 is 11.9 Å². The van der Waals surface area contributed by atoms with Crippen molar-refractivity contribution in [1.82, 2.24) is 20.6 Å². The lowest BCUT2D eigenvalue weighted by molar-refractivity contribution is -0.117. The molecule has 0 saturated heterocycles. The quantitative estimate of drug-likeness (QED) is 0.116. The van der Waals surface area contributed by atoms with E-state index < -0.39 is 29.7 Å². The van der Waals surface area contributed by atoms with Gasteiger partial charge in [-0.15, -0.1) is 0 Å². The van der Waals surface area contributed by atoms with Crippen LogP contribution >= 0.6 is 0 Å². The number of aromatic hydroxyl groups is 1. The number of hydrogen-bond acceptors (Lipinski definition) is 7. The van der Waals surface area contributed by atoms with Crippen molar-refractivity contribution in [3.8, 4) is 5.75 Å². The van der Waals surface area contributed by atoms with Crippen molar-refractivity contribution < 1.29 is 39.3 Å². The van der Waals surface area contributed by atoms with Crippen molar-refractivity contribution in [3.05, 3.63) is 88.7 Å². The number of imidazole rings is 1. The summed E-state index contributed by atoms with van der Waals surface area (Å²) in [5, 5.41) is 37.3. The van der Waals surface area contributed by atoms with Gasteiger partial charge in [0.15, 0.2) is 0 Å². The maximum Gasteiger partial charge on any atom is 0.335 e. The van der Waals surface area contributed by atoms with Crippen LogP contribution in [0.1, 0.15) is 91.4 Å². The summed E-state index contributed by atoms with van der Waals surface area (Å²) in [6, 6.07) is 12.1. The van der Waals surface area contributed by atoms with Gasteiger partial charge in [0.1, 0.15) is 5.75 Å². The van der Waals surface area contributed by atoms with Crippen LogP contribution in [0.15, 0.2) is 60.9 Å². The van der Waals surface area contributed by atoms with Crippen LogP contribution in [0.4, 0.5) is 5.69 Å². The first-order valence-corrected chi connectivity index (χ1v) is 16.7. The Morgan fingerprint density at radius 2 is 1.38 bits per heavy atom. The number of aromatic nitrogens is 2. The van der Waals surface area contributed by atoms with Gasteiger partial charge in [0.2, 0.25) is 5.91 Å². The van der Waals surface area contributed by atoms with E-state index in [0.29, 0.717) is 23.1 Å². The summed E-state index contributed by atoms with van der Waals surface area (Å²) in [6.45, 7) is 0.292. The second-order valence-electron chi connectivity index (χ2n) is 14.2. The summed E-state index contributed by atoms with van der Waals surface area (Å²) in [7, 11) is 0. The van der Waals surface area contributed by atoms with Crippen LogP contribution < -0.4 is 16.0 Å². The third-order valence-electron chi connectivity index (χ3n) is 10.6. The third kappa shape index (κ3) is 6.63. The molecule has 4 saturated carbocycles. The number of rotatable bonds is 11. The molecule has 4 aliphatic rings. The molecular formula is C37H37N5O8. The van der Waals surface area contributed by atoms with E-state index in [4.69, 9.17) is 0 Å². The summed E-state index contributed by atoms with van der Waals surface area (Å²) in [6.07, 6.45) is 8.69. The van der Waals surface area contributed by atoms with Crippen molar-refractivity contribution in [2.45, 2.75) is 44.4 Å². The Labute approximate surface area is 286 Å². The van der Waals surface area contributed by atoms with E-state index in [1.54, 1.807) is 6.07 Å². The van der Waals surface area contributed by atoms with Gasteiger partial charge in [0.25, 0.3) is 11.8 Å². The number of nitrogens with zero attached hydrogens (tertiary/aromatic N) is 1. The highest BCUT2D eigenvalue weighted by Gasteiger charge is 2.50. The number of carbonyl (C=O) groups excluding carboxylic acids is 3. The number of nitrogens with one attached hydrogen (secondary N) is 4. The molecule has 50 heavy (non-hydrogen) atoms. The molecule has 1 atom stereocenters. The van der Waals surface area contributed by atoms with E-state index in [1.165, 1.54) is 55.9 Å². The molecule has 4 aliphatic carbocycles. The molecule has 4 fully saturated rings. The summed E-state index contributed by atoms with van der Waals surface area (Å²) < 4.78 is 0. The van der Waals surface area contributed by atoms with Crippen LogP contribution in [0.25, 0.3) is 11.0 Å². The number of phenols is 1. The normalized spacial score (nSPS) is 22.5. The zero-order chi connectivity index (χ0) is 35.2. The molecule has 4 bridgehead atoms. The summed E-state index contributed by atoms with van der Waals surface area (Å²) in [5.74, 6) is -3.37. The van der Waals surface area contributed by atoms with Gasteiger partial charge in [0, 0.05) is 18.8 Å². The first-order chi connectivity index (χ1) is 23.9. The fourth-order valence-corrected chi connectivity index (χ4v) is 8.76. The van der Waals surface area contributed by atoms with Gasteiger partial charge in [-0.3, -0.25) is 14.4 Å². The summed E-state index contributed by atoms with van der Waals surface area (Å²) >= 11 is 0. The minimum atomic E-state index is -1.38. The third-order valence-corrected chi connectivity index (χ3v) is 10.6. The van der Waals surface area contributed by atoms with Crippen LogP contribution in [-0.4, -0.2) is 68.0 Å². The first-order valence-electron chi connectivity index (χ1n) is 16.7. The van der Waals surface area contributed by atoms with Gasteiger partial charge in [-0.2, -0.15) is 0 Å². The molecule has 1 heterocycles. The number of anilines is 1. The SMILES string of the molecule is O=C(O)c1cc(NC(=O)C(CNC(=O)c2cc3nc[nH]c3cc2C(=O)NCC23CC4CC(CC(C4)C2)C3)c2ccc(O)cc2)cc(C(=O)O)c1. The summed E-state index contributed by atoms with van der Waals surface area (Å²) in [4.78, 5) is 71.8. The number of H-pyrrole nitrogens is 1. The van der Waals surface area contributed by atoms with Crippen molar-refractivity contribution in [2.24, 2.45) is 23.2 Å². The number of benzene rings is 3. The molecule has 1 aromatic heterocycles. The molecule has 7 N–H and O–H groups in total. The smallest absolute Gasteiger partial charge is 0.335 e. The fourth-order valence-electron chi connectivity index (χ4n) is 8.76. The Hall–Kier alpha value is -5.72. The molecule has 258 valence electrons. The molecule has 13 heteroatoms. The number of carboxylic acids is 2. The van der Waals surface area contributed by atoms with Gasteiger partial charge < -0.3 is 36.3 Å². The lowest BCUT2D eigenvalue weighted by Crippen LogP contribution is -2.51. The van der Waals surface area contributed by atoms with Gasteiger partial charge in [-0.25, -0.2) is 14.6 Å². The van der Waals surface area contributed by atoms with Crippen molar-refractivity contribution in [2.75, 3.05) is 18.4 Å². The predicted molar refractivity (Wildman–Crippen MR) is 181 cm³/mol. The maximum atomic E-state index is 13.8. The molecule has 4 aromatic rings. The second-order valence-corrected chi connectivity index (χ2v) is 14.2. The van der Waals surface area contributed by atoms with Crippen LogP contribution in [-0.2, 0) is 4.79 Å². The zero-order valence-corrected chi connectivity index (χ0v) is 27.1. The molecule has 1 unspecified atom stereocenters. The minimum Gasteiger partial charge on any atom is -0.508 e. The molecular weight excluding hydrogens is 642 g/mol. The van der Waals surface area contributed by atoms with E-state index in [-0.39, 0.29) is 51.6 Å². The molecule has 0 aliphatic heterocycles. The molecule has 13 nitrogen and oxygen atoms in total. The lowest BCUT2D eigenvalue weighted by Gasteiger charge is -2.56. The lowest BCUT2D eigenvalue weighted by atomic mass is 9.49.